The first-order valence-electron chi connectivity index (χ1n) is 7.94. The van der Waals surface area contributed by atoms with E-state index < -0.39 is 0 Å². The van der Waals surface area contributed by atoms with Crippen molar-refractivity contribution < 1.29 is 9.84 Å². The van der Waals surface area contributed by atoms with Gasteiger partial charge in [-0.05, 0) is 29.8 Å². The lowest BCUT2D eigenvalue weighted by molar-refractivity contribution is 0.414. The molecule has 0 aliphatic heterocycles. The molecular formula is C19H15N3O3S. The number of aromatic hydroxyl groups is 1. The van der Waals surface area contributed by atoms with Gasteiger partial charge in [-0.15, -0.1) is 11.3 Å². The van der Waals surface area contributed by atoms with Gasteiger partial charge >= 0.3 is 0 Å². The van der Waals surface area contributed by atoms with Gasteiger partial charge in [-0.25, -0.2) is 4.52 Å². The smallest absolute Gasteiger partial charge is 0.296 e. The van der Waals surface area contributed by atoms with Crippen LogP contribution in [0.5, 0.6) is 11.5 Å². The van der Waals surface area contributed by atoms with E-state index >= 15 is 0 Å². The topological polar surface area (TPSA) is 76.7 Å². The molecule has 0 spiro atoms. The molecule has 0 bridgehead atoms. The van der Waals surface area contributed by atoms with Crippen molar-refractivity contribution in [3.63, 3.8) is 0 Å². The molecule has 2 heterocycles. The molecule has 6 nitrogen and oxygen atoms in total. The Morgan fingerprint density at radius 2 is 1.92 bits per heavy atom. The van der Waals surface area contributed by atoms with Gasteiger partial charge in [0.1, 0.15) is 17.2 Å². The fraction of sp³-hybridized carbons (Fsp3) is 0.105. The fourth-order valence-corrected chi connectivity index (χ4v) is 3.53. The maximum atomic E-state index is 12.3. The molecule has 0 saturated heterocycles. The maximum Gasteiger partial charge on any atom is 0.296 e. The number of fused-ring (bicyclic) bond motifs is 1. The van der Waals surface area contributed by atoms with Gasteiger partial charge in [-0.1, -0.05) is 24.3 Å². The third kappa shape index (κ3) is 2.93. The van der Waals surface area contributed by atoms with Gasteiger partial charge in [0.05, 0.1) is 12.8 Å². The van der Waals surface area contributed by atoms with Gasteiger partial charge in [0.2, 0.25) is 4.96 Å². The van der Waals surface area contributed by atoms with E-state index in [-0.39, 0.29) is 11.3 Å². The van der Waals surface area contributed by atoms with E-state index in [2.05, 4.69) is 10.1 Å². The van der Waals surface area contributed by atoms with Crippen LogP contribution < -0.4 is 10.3 Å². The summed E-state index contributed by atoms with van der Waals surface area (Å²) >= 11 is 1.31. The predicted molar refractivity (Wildman–Crippen MR) is 100 cm³/mol. The van der Waals surface area contributed by atoms with Crippen LogP contribution in [0.15, 0.2) is 58.7 Å². The molecule has 4 aromatic rings. The number of benzene rings is 2. The van der Waals surface area contributed by atoms with Gasteiger partial charge in [-0.3, -0.25) is 4.79 Å². The predicted octanol–water partition coefficient (Wildman–Crippen LogP) is 3.12. The molecule has 0 radical (unpaired) electrons. The van der Waals surface area contributed by atoms with Crippen molar-refractivity contribution in [1.82, 2.24) is 14.6 Å². The number of rotatable bonds is 4. The summed E-state index contributed by atoms with van der Waals surface area (Å²) in [5, 5.41) is 16.5. The molecule has 1 N–H and O–H groups in total. The number of hydrogen-bond acceptors (Lipinski definition) is 6. The molecule has 26 heavy (non-hydrogen) atoms. The number of hydrogen-bond donors (Lipinski definition) is 1. The quantitative estimate of drug-likeness (QED) is 0.601. The van der Waals surface area contributed by atoms with Crippen molar-refractivity contribution in [3.05, 3.63) is 75.5 Å². The molecule has 0 aliphatic carbocycles. The molecular weight excluding hydrogens is 350 g/mol. The average molecular weight is 365 g/mol. The van der Waals surface area contributed by atoms with Crippen molar-refractivity contribution in [2.75, 3.05) is 7.11 Å². The first-order chi connectivity index (χ1) is 12.7. The van der Waals surface area contributed by atoms with Crippen molar-refractivity contribution in [1.29, 1.82) is 0 Å². The van der Waals surface area contributed by atoms with Crippen molar-refractivity contribution in [2.24, 2.45) is 0 Å². The number of nitrogens with zero attached hydrogens (tertiary/aromatic N) is 3. The number of phenolic OH excluding ortho intramolecular Hbond substituents is 1. The third-order valence-corrected chi connectivity index (χ3v) is 4.88. The van der Waals surface area contributed by atoms with Gasteiger partial charge in [0.15, 0.2) is 0 Å². The third-order valence-electron chi connectivity index (χ3n) is 4.06. The minimum absolute atomic E-state index is 0.157. The van der Waals surface area contributed by atoms with Crippen molar-refractivity contribution in [2.45, 2.75) is 6.42 Å². The molecule has 0 amide bonds. The van der Waals surface area contributed by atoms with Crippen molar-refractivity contribution >= 4 is 16.3 Å². The van der Waals surface area contributed by atoms with E-state index in [9.17, 15) is 9.90 Å². The summed E-state index contributed by atoms with van der Waals surface area (Å²) in [6, 6.07) is 14.5. The number of ether oxygens (including phenoxy) is 1. The van der Waals surface area contributed by atoms with Gasteiger partial charge in [0, 0.05) is 17.4 Å². The van der Waals surface area contributed by atoms with Crippen molar-refractivity contribution in [3.8, 4) is 22.8 Å². The highest BCUT2D eigenvalue weighted by atomic mass is 32.1. The van der Waals surface area contributed by atoms with Crippen LogP contribution in [0.2, 0.25) is 0 Å². The van der Waals surface area contributed by atoms with E-state index in [1.54, 1.807) is 29.8 Å². The summed E-state index contributed by atoms with van der Waals surface area (Å²) < 4.78 is 6.76. The monoisotopic (exact) mass is 365 g/mol. The second-order valence-electron chi connectivity index (χ2n) is 5.72. The molecule has 2 aromatic heterocycles. The molecule has 0 unspecified atom stereocenters. The van der Waals surface area contributed by atoms with Gasteiger partial charge in [0.25, 0.3) is 5.56 Å². The van der Waals surface area contributed by atoms with Crippen LogP contribution in [0.25, 0.3) is 16.2 Å². The minimum atomic E-state index is -0.341. The van der Waals surface area contributed by atoms with E-state index in [1.165, 1.54) is 11.3 Å². The van der Waals surface area contributed by atoms with Crippen LogP contribution in [0.1, 0.15) is 11.3 Å². The maximum absolute atomic E-state index is 12.3. The second kappa shape index (κ2) is 6.61. The van der Waals surface area contributed by atoms with E-state index in [1.807, 2.05) is 35.7 Å². The summed E-state index contributed by atoms with van der Waals surface area (Å²) in [5.41, 5.74) is 2.30. The molecule has 0 atom stereocenters. The zero-order valence-electron chi connectivity index (χ0n) is 13.9. The summed E-state index contributed by atoms with van der Waals surface area (Å²) in [6.45, 7) is 0. The zero-order chi connectivity index (χ0) is 18.1. The summed E-state index contributed by atoms with van der Waals surface area (Å²) in [4.78, 5) is 16.9. The Kier molecular flexibility index (Phi) is 4.14. The Bertz CT molecular complexity index is 1130. The highest BCUT2D eigenvalue weighted by molar-refractivity contribution is 7.15. The summed E-state index contributed by atoms with van der Waals surface area (Å²) in [6.07, 6.45) is 0.370. The molecule has 130 valence electrons. The van der Waals surface area contributed by atoms with Crippen LogP contribution in [-0.4, -0.2) is 26.8 Å². The highest BCUT2D eigenvalue weighted by Gasteiger charge is 2.14. The molecule has 7 heteroatoms. The summed E-state index contributed by atoms with van der Waals surface area (Å²) in [5.74, 6) is 0.913. The minimum Gasteiger partial charge on any atom is -0.507 e. The number of thiazole rings is 1. The lowest BCUT2D eigenvalue weighted by Gasteiger charge is -2.06. The Balaban J connectivity index is 1.78. The molecule has 0 saturated carbocycles. The Labute approximate surface area is 153 Å². The van der Waals surface area contributed by atoms with Gasteiger partial charge in [-0.2, -0.15) is 10.1 Å². The lowest BCUT2D eigenvalue weighted by Crippen LogP contribution is -2.18. The summed E-state index contributed by atoms with van der Waals surface area (Å²) in [7, 11) is 1.61. The molecule has 4 rings (SSSR count). The average Bonchev–Trinajstić information content (AvgIpc) is 3.05. The van der Waals surface area contributed by atoms with Crippen LogP contribution in [0.3, 0.4) is 0 Å². The van der Waals surface area contributed by atoms with E-state index in [4.69, 9.17) is 4.74 Å². The number of methoxy groups -OCH3 is 1. The normalized spacial score (nSPS) is 11.0. The SMILES string of the molecule is COc1ccc(Cc2nn3c(-c4ccccc4O)csc3nc2=O)cc1. The lowest BCUT2D eigenvalue weighted by atomic mass is 10.1. The van der Waals surface area contributed by atoms with Crippen LogP contribution in [0, 0.1) is 0 Å². The number of phenols is 1. The second-order valence-corrected chi connectivity index (χ2v) is 6.56. The number of para-hydroxylation sites is 1. The van der Waals surface area contributed by atoms with Gasteiger partial charge < -0.3 is 9.84 Å². The Morgan fingerprint density at radius 3 is 2.65 bits per heavy atom. The Morgan fingerprint density at radius 1 is 1.15 bits per heavy atom. The largest absolute Gasteiger partial charge is 0.507 e. The van der Waals surface area contributed by atoms with Crippen LogP contribution >= 0.6 is 11.3 Å². The first kappa shape index (κ1) is 16.3. The first-order valence-corrected chi connectivity index (χ1v) is 8.82. The van der Waals surface area contributed by atoms with E-state index in [0.717, 1.165) is 11.3 Å². The molecule has 0 fully saturated rings. The Hall–Kier alpha value is -3.19. The molecule has 0 aliphatic rings. The molecule has 2 aromatic carbocycles. The number of aromatic nitrogens is 3. The van der Waals surface area contributed by atoms with Crippen LogP contribution in [0.4, 0.5) is 0 Å². The highest BCUT2D eigenvalue weighted by Crippen LogP contribution is 2.30. The fourth-order valence-electron chi connectivity index (χ4n) is 2.71. The zero-order valence-corrected chi connectivity index (χ0v) is 14.7. The van der Waals surface area contributed by atoms with Crippen LogP contribution in [-0.2, 0) is 6.42 Å². The standard InChI is InChI=1S/C19H15N3O3S/c1-25-13-8-6-12(7-9-13)10-15-18(24)20-19-22(21-15)16(11-26-19)14-4-2-3-5-17(14)23/h2-9,11,23H,10H2,1H3. The van der Waals surface area contributed by atoms with E-state index in [0.29, 0.717) is 28.3 Å².